The predicted molar refractivity (Wildman–Crippen MR) is 250 cm³/mol. The highest BCUT2D eigenvalue weighted by atomic mass is 15.0. The predicted octanol–water partition coefficient (Wildman–Crippen LogP) is 15.0. The first-order valence-corrected chi connectivity index (χ1v) is 20.4. The minimum atomic E-state index is 0.633. The van der Waals surface area contributed by atoms with Crippen LogP contribution >= 0.6 is 0 Å². The second-order valence-corrected chi connectivity index (χ2v) is 15.1. The summed E-state index contributed by atoms with van der Waals surface area (Å²) < 4.78 is 0. The lowest BCUT2D eigenvalue weighted by Crippen LogP contribution is -2.01. The van der Waals surface area contributed by atoms with Crippen molar-refractivity contribution < 1.29 is 0 Å². The summed E-state index contributed by atoms with van der Waals surface area (Å²) in [4.78, 5) is 15.2. The van der Waals surface area contributed by atoms with E-state index in [1.54, 1.807) is 0 Å². The van der Waals surface area contributed by atoms with Gasteiger partial charge in [0.1, 0.15) is 0 Å². The summed E-state index contributed by atoms with van der Waals surface area (Å²) in [6, 6.07) is 79.5. The minimum Gasteiger partial charge on any atom is -0.208 e. The molecule has 0 saturated heterocycles. The fraction of sp³-hybridized carbons (Fsp3) is 0. The molecule has 280 valence electrons. The van der Waals surface area contributed by atoms with Gasteiger partial charge in [-0.15, -0.1) is 0 Å². The van der Waals surface area contributed by atoms with Crippen molar-refractivity contribution in [3.8, 4) is 78.7 Å². The molecule has 3 nitrogen and oxygen atoms in total. The second-order valence-electron chi connectivity index (χ2n) is 15.1. The summed E-state index contributed by atoms with van der Waals surface area (Å²) in [5.74, 6) is 1.92. The Hall–Kier alpha value is -8.01. The van der Waals surface area contributed by atoms with E-state index in [2.05, 4.69) is 182 Å². The Balaban J connectivity index is 0.995. The summed E-state index contributed by atoms with van der Waals surface area (Å²) in [6.45, 7) is 0. The van der Waals surface area contributed by atoms with Crippen LogP contribution in [0.15, 0.2) is 224 Å². The van der Waals surface area contributed by atoms with Gasteiger partial charge in [-0.1, -0.05) is 224 Å². The largest absolute Gasteiger partial charge is 0.208 e. The Morgan fingerprint density at radius 3 is 1.27 bits per heavy atom. The minimum absolute atomic E-state index is 0.633. The highest BCUT2D eigenvalue weighted by Gasteiger charge is 2.19. The van der Waals surface area contributed by atoms with E-state index in [-0.39, 0.29) is 0 Å². The molecule has 1 aromatic heterocycles. The van der Waals surface area contributed by atoms with Crippen molar-refractivity contribution >= 4 is 32.3 Å². The molecule has 0 bridgehead atoms. The maximum atomic E-state index is 5.10. The van der Waals surface area contributed by atoms with Gasteiger partial charge in [-0.25, -0.2) is 15.0 Å². The number of benzene rings is 10. The third kappa shape index (κ3) is 6.30. The van der Waals surface area contributed by atoms with E-state index in [1.165, 1.54) is 54.6 Å². The van der Waals surface area contributed by atoms with Crippen molar-refractivity contribution in [3.63, 3.8) is 0 Å². The van der Waals surface area contributed by atoms with Crippen LogP contribution in [0.2, 0.25) is 0 Å². The number of nitrogens with zero attached hydrogens (tertiary/aromatic N) is 3. The lowest BCUT2D eigenvalue weighted by atomic mass is 9.84. The van der Waals surface area contributed by atoms with E-state index in [4.69, 9.17) is 15.0 Å². The van der Waals surface area contributed by atoms with Crippen LogP contribution < -0.4 is 0 Å². The molecule has 0 atom stereocenters. The van der Waals surface area contributed by atoms with Gasteiger partial charge in [0, 0.05) is 16.7 Å². The van der Waals surface area contributed by atoms with Crippen LogP contribution in [0.4, 0.5) is 0 Å². The summed E-state index contributed by atoms with van der Waals surface area (Å²) >= 11 is 0. The molecular weight excluding hydrogens is 727 g/mol. The number of hydrogen-bond acceptors (Lipinski definition) is 3. The zero-order valence-corrected chi connectivity index (χ0v) is 32.7. The average molecular weight is 764 g/mol. The zero-order chi connectivity index (χ0) is 39.8. The first kappa shape index (κ1) is 35.2. The van der Waals surface area contributed by atoms with Gasteiger partial charge in [0.15, 0.2) is 17.5 Å². The highest BCUT2D eigenvalue weighted by Crippen LogP contribution is 2.46. The van der Waals surface area contributed by atoms with Crippen molar-refractivity contribution in [2.75, 3.05) is 0 Å². The van der Waals surface area contributed by atoms with E-state index in [0.717, 1.165) is 38.9 Å². The standard InChI is InChI=1S/C57H37N3/c1-4-16-40(17-5-1)46-23-12-15-27-50(46)57-59-55(44-21-8-3-9-22-44)58-56(60-57)45-34-30-39(31-35-45)38-28-32-43(33-29-38)52-48-25-13-14-26-49(48)53(42-19-6-2-7-20-42)54-47-24-11-10-18-41(47)36-37-51(52)54/h1-37H. The Morgan fingerprint density at radius 1 is 0.217 bits per heavy atom. The lowest BCUT2D eigenvalue weighted by molar-refractivity contribution is 1.07. The molecule has 0 radical (unpaired) electrons. The van der Waals surface area contributed by atoms with Crippen LogP contribution in [0, 0.1) is 0 Å². The molecular formula is C57H37N3. The third-order valence-corrected chi connectivity index (χ3v) is 11.5. The van der Waals surface area contributed by atoms with Crippen molar-refractivity contribution in [1.29, 1.82) is 0 Å². The van der Waals surface area contributed by atoms with E-state index < -0.39 is 0 Å². The molecule has 0 unspecified atom stereocenters. The lowest BCUT2D eigenvalue weighted by Gasteiger charge is -2.19. The van der Waals surface area contributed by atoms with E-state index >= 15 is 0 Å². The van der Waals surface area contributed by atoms with Gasteiger partial charge in [-0.3, -0.25) is 0 Å². The van der Waals surface area contributed by atoms with Gasteiger partial charge in [0.25, 0.3) is 0 Å². The van der Waals surface area contributed by atoms with Gasteiger partial charge in [0.2, 0.25) is 0 Å². The van der Waals surface area contributed by atoms with Crippen LogP contribution in [0.25, 0.3) is 111 Å². The molecule has 11 aromatic rings. The number of aromatic nitrogens is 3. The Morgan fingerprint density at radius 2 is 0.633 bits per heavy atom. The van der Waals surface area contributed by atoms with Crippen LogP contribution in [0.5, 0.6) is 0 Å². The van der Waals surface area contributed by atoms with Crippen LogP contribution in [-0.4, -0.2) is 15.0 Å². The number of fused-ring (bicyclic) bond motifs is 4. The van der Waals surface area contributed by atoms with Gasteiger partial charge < -0.3 is 0 Å². The van der Waals surface area contributed by atoms with Crippen molar-refractivity contribution in [1.82, 2.24) is 15.0 Å². The van der Waals surface area contributed by atoms with Gasteiger partial charge in [-0.2, -0.15) is 0 Å². The Kier molecular flexibility index (Phi) is 8.83. The first-order valence-electron chi connectivity index (χ1n) is 20.4. The second kappa shape index (κ2) is 15.1. The van der Waals surface area contributed by atoms with E-state index in [0.29, 0.717) is 17.5 Å². The number of rotatable bonds is 7. The molecule has 0 aliphatic heterocycles. The number of hydrogen-bond donors (Lipinski definition) is 0. The molecule has 10 aromatic carbocycles. The van der Waals surface area contributed by atoms with Gasteiger partial charge in [0.05, 0.1) is 0 Å². The molecule has 1 heterocycles. The molecule has 11 rings (SSSR count). The summed E-state index contributed by atoms with van der Waals surface area (Å²) in [5, 5.41) is 7.54. The molecule has 3 heteroatoms. The Labute approximate surface area is 349 Å². The highest BCUT2D eigenvalue weighted by molar-refractivity contribution is 6.27. The monoisotopic (exact) mass is 763 g/mol. The van der Waals surface area contributed by atoms with Crippen LogP contribution in [0.3, 0.4) is 0 Å². The Bertz CT molecular complexity index is 3320. The van der Waals surface area contributed by atoms with Gasteiger partial charge in [-0.05, 0) is 76.8 Å². The molecule has 0 saturated carbocycles. The van der Waals surface area contributed by atoms with Gasteiger partial charge >= 0.3 is 0 Å². The van der Waals surface area contributed by atoms with Crippen LogP contribution in [0.1, 0.15) is 0 Å². The zero-order valence-electron chi connectivity index (χ0n) is 32.7. The molecule has 0 aliphatic rings. The summed E-state index contributed by atoms with van der Waals surface area (Å²) in [5.41, 5.74) is 12.2. The maximum Gasteiger partial charge on any atom is 0.164 e. The summed E-state index contributed by atoms with van der Waals surface area (Å²) in [7, 11) is 0. The van der Waals surface area contributed by atoms with Crippen molar-refractivity contribution in [2.45, 2.75) is 0 Å². The molecule has 60 heavy (non-hydrogen) atoms. The van der Waals surface area contributed by atoms with Crippen molar-refractivity contribution in [3.05, 3.63) is 224 Å². The fourth-order valence-corrected chi connectivity index (χ4v) is 8.69. The molecule has 0 aliphatic carbocycles. The fourth-order valence-electron chi connectivity index (χ4n) is 8.69. The quantitative estimate of drug-likeness (QED) is 0.120. The third-order valence-electron chi connectivity index (χ3n) is 11.5. The average Bonchev–Trinajstić information content (AvgIpc) is 3.34. The van der Waals surface area contributed by atoms with Crippen LogP contribution in [-0.2, 0) is 0 Å². The smallest absolute Gasteiger partial charge is 0.164 e. The molecule has 0 spiro atoms. The summed E-state index contributed by atoms with van der Waals surface area (Å²) in [6.07, 6.45) is 0. The molecule has 0 fully saturated rings. The SMILES string of the molecule is c1ccc(-c2nc(-c3ccc(-c4ccc(-c5c6ccccc6c(-c6ccccc6)c6c5ccc5ccccc56)cc4)cc3)nc(-c3ccccc3-c3ccccc3)n2)cc1. The van der Waals surface area contributed by atoms with E-state index in [1.807, 2.05) is 42.5 Å². The molecule has 0 N–H and O–H groups in total. The topological polar surface area (TPSA) is 38.7 Å². The normalized spacial score (nSPS) is 11.3. The molecule has 0 amide bonds. The van der Waals surface area contributed by atoms with Crippen molar-refractivity contribution in [2.24, 2.45) is 0 Å². The maximum absolute atomic E-state index is 5.10. The first-order chi connectivity index (χ1) is 29.8. The van der Waals surface area contributed by atoms with E-state index in [9.17, 15) is 0 Å².